The molecule has 2 atom stereocenters. The van der Waals surface area contributed by atoms with Gasteiger partial charge in [-0.15, -0.1) is 0 Å². The van der Waals surface area contributed by atoms with Crippen molar-refractivity contribution in [1.82, 2.24) is 0 Å². The Bertz CT molecular complexity index is 375. The molecule has 1 saturated heterocycles. The standard InChI is InChI=1S/C13H22O3S/c1-11(13-7-8-17(14,15)10-13)16-9-12-5-3-2-4-6-12/h9,11,13H,2-8,10H2,1H3. The summed E-state index contributed by atoms with van der Waals surface area (Å²) in [5.74, 6) is 0.819. The molecule has 0 aromatic heterocycles. The predicted octanol–water partition coefficient (Wildman–Crippen LogP) is 2.67. The topological polar surface area (TPSA) is 43.4 Å². The lowest BCUT2D eigenvalue weighted by atomic mass is 9.96. The van der Waals surface area contributed by atoms with E-state index in [1.165, 1.54) is 24.8 Å². The normalized spacial score (nSPS) is 29.9. The first-order valence-electron chi connectivity index (χ1n) is 6.61. The summed E-state index contributed by atoms with van der Waals surface area (Å²) in [7, 11) is -2.78. The summed E-state index contributed by atoms with van der Waals surface area (Å²) in [6.45, 7) is 1.99. The highest BCUT2D eigenvalue weighted by Crippen LogP contribution is 2.26. The van der Waals surface area contributed by atoms with Crippen LogP contribution in [0.4, 0.5) is 0 Å². The number of sulfone groups is 1. The van der Waals surface area contributed by atoms with Gasteiger partial charge in [-0.2, -0.15) is 0 Å². The summed E-state index contributed by atoms with van der Waals surface area (Å²) >= 11 is 0. The molecule has 0 aromatic carbocycles. The van der Waals surface area contributed by atoms with Crippen LogP contribution >= 0.6 is 0 Å². The molecule has 0 bridgehead atoms. The molecule has 17 heavy (non-hydrogen) atoms. The van der Waals surface area contributed by atoms with Crippen molar-refractivity contribution in [3.8, 4) is 0 Å². The summed E-state index contributed by atoms with van der Waals surface area (Å²) in [5.41, 5.74) is 1.39. The number of hydrogen-bond donors (Lipinski definition) is 0. The monoisotopic (exact) mass is 258 g/mol. The molecular weight excluding hydrogens is 236 g/mol. The molecule has 2 aliphatic rings. The van der Waals surface area contributed by atoms with E-state index in [9.17, 15) is 8.42 Å². The second-order valence-electron chi connectivity index (χ2n) is 5.34. The van der Waals surface area contributed by atoms with E-state index in [1.807, 2.05) is 13.2 Å². The summed E-state index contributed by atoms with van der Waals surface area (Å²) in [6, 6.07) is 0. The SMILES string of the molecule is CC(OC=C1CCCCC1)C1CCS(=O)(=O)C1. The molecule has 0 N–H and O–H groups in total. The molecule has 4 heteroatoms. The summed E-state index contributed by atoms with van der Waals surface area (Å²) in [4.78, 5) is 0. The van der Waals surface area contributed by atoms with Gasteiger partial charge in [0.2, 0.25) is 0 Å². The van der Waals surface area contributed by atoms with Crippen LogP contribution in [0.3, 0.4) is 0 Å². The first-order valence-corrected chi connectivity index (χ1v) is 8.43. The van der Waals surface area contributed by atoms with E-state index >= 15 is 0 Å². The van der Waals surface area contributed by atoms with Gasteiger partial charge in [0.1, 0.15) is 0 Å². The van der Waals surface area contributed by atoms with E-state index in [-0.39, 0.29) is 12.0 Å². The van der Waals surface area contributed by atoms with Gasteiger partial charge in [-0.05, 0) is 44.6 Å². The fourth-order valence-corrected chi connectivity index (χ4v) is 4.55. The van der Waals surface area contributed by atoms with Crippen molar-refractivity contribution in [1.29, 1.82) is 0 Å². The smallest absolute Gasteiger partial charge is 0.150 e. The molecule has 0 amide bonds. The lowest BCUT2D eigenvalue weighted by molar-refractivity contribution is 0.110. The minimum absolute atomic E-state index is 0.0294. The van der Waals surface area contributed by atoms with Gasteiger partial charge in [-0.3, -0.25) is 0 Å². The van der Waals surface area contributed by atoms with Crippen molar-refractivity contribution >= 4 is 9.84 Å². The lowest BCUT2D eigenvalue weighted by Crippen LogP contribution is -2.20. The van der Waals surface area contributed by atoms with Crippen molar-refractivity contribution in [2.75, 3.05) is 11.5 Å². The molecule has 1 saturated carbocycles. The quantitative estimate of drug-likeness (QED) is 0.731. The molecule has 3 nitrogen and oxygen atoms in total. The zero-order chi connectivity index (χ0) is 12.3. The third-order valence-corrected chi connectivity index (χ3v) is 5.67. The van der Waals surface area contributed by atoms with Crippen molar-refractivity contribution in [3.63, 3.8) is 0 Å². The molecule has 2 fully saturated rings. The molecule has 98 valence electrons. The van der Waals surface area contributed by atoms with Crippen LogP contribution in [0, 0.1) is 5.92 Å². The maximum Gasteiger partial charge on any atom is 0.150 e. The fourth-order valence-electron chi connectivity index (χ4n) is 2.63. The average molecular weight is 258 g/mol. The Labute approximate surface area is 104 Å². The summed E-state index contributed by atoms with van der Waals surface area (Å²) in [5, 5.41) is 0. The van der Waals surface area contributed by atoms with Gasteiger partial charge in [-0.25, -0.2) is 8.42 Å². The molecule has 0 spiro atoms. The van der Waals surface area contributed by atoms with E-state index in [0.717, 1.165) is 19.3 Å². The Kier molecular flexibility index (Phi) is 4.13. The van der Waals surface area contributed by atoms with Gasteiger partial charge in [0.05, 0.1) is 23.9 Å². The largest absolute Gasteiger partial charge is 0.498 e. The molecule has 1 aliphatic carbocycles. The van der Waals surface area contributed by atoms with E-state index < -0.39 is 9.84 Å². The van der Waals surface area contributed by atoms with Gasteiger partial charge >= 0.3 is 0 Å². The van der Waals surface area contributed by atoms with Gasteiger partial charge in [0.15, 0.2) is 9.84 Å². The van der Waals surface area contributed by atoms with E-state index in [0.29, 0.717) is 11.5 Å². The molecule has 1 aliphatic heterocycles. The number of ether oxygens (including phenoxy) is 1. The highest BCUT2D eigenvalue weighted by Gasteiger charge is 2.32. The molecule has 0 aromatic rings. The molecule has 0 radical (unpaired) electrons. The second-order valence-corrected chi connectivity index (χ2v) is 7.57. The van der Waals surface area contributed by atoms with Crippen LogP contribution in [0.5, 0.6) is 0 Å². The molecule has 1 heterocycles. The van der Waals surface area contributed by atoms with Crippen molar-refractivity contribution in [3.05, 3.63) is 11.8 Å². The van der Waals surface area contributed by atoms with E-state index in [4.69, 9.17) is 4.74 Å². The fraction of sp³-hybridized carbons (Fsp3) is 0.846. The summed E-state index contributed by atoms with van der Waals surface area (Å²) in [6.07, 6.45) is 8.84. The van der Waals surface area contributed by atoms with Crippen LogP contribution in [0.2, 0.25) is 0 Å². The van der Waals surface area contributed by atoms with Crippen LogP contribution < -0.4 is 0 Å². The summed E-state index contributed by atoms with van der Waals surface area (Å²) < 4.78 is 28.5. The van der Waals surface area contributed by atoms with Crippen LogP contribution in [-0.2, 0) is 14.6 Å². The Hall–Kier alpha value is -0.510. The third-order valence-electron chi connectivity index (χ3n) is 3.88. The van der Waals surface area contributed by atoms with Gasteiger partial charge in [0, 0.05) is 5.92 Å². The van der Waals surface area contributed by atoms with Crippen molar-refractivity contribution in [2.45, 2.75) is 51.6 Å². The first kappa shape index (κ1) is 12.9. The molecule has 2 rings (SSSR count). The zero-order valence-corrected chi connectivity index (χ0v) is 11.3. The molecular formula is C13H22O3S. The zero-order valence-electron chi connectivity index (χ0n) is 10.5. The highest BCUT2D eigenvalue weighted by molar-refractivity contribution is 7.91. The van der Waals surface area contributed by atoms with Crippen molar-refractivity contribution < 1.29 is 13.2 Å². The highest BCUT2D eigenvalue weighted by atomic mass is 32.2. The molecule has 2 unspecified atom stereocenters. The van der Waals surface area contributed by atoms with E-state index in [1.54, 1.807) is 0 Å². The Balaban J connectivity index is 1.83. The van der Waals surface area contributed by atoms with Gasteiger partial charge in [0.25, 0.3) is 0 Å². The Morgan fingerprint density at radius 3 is 2.59 bits per heavy atom. The van der Waals surface area contributed by atoms with Crippen LogP contribution in [0.25, 0.3) is 0 Å². The predicted molar refractivity (Wildman–Crippen MR) is 68.5 cm³/mol. The van der Waals surface area contributed by atoms with Crippen molar-refractivity contribution in [2.24, 2.45) is 5.92 Å². The number of allylic oxidation sites excluding steroid dienone is 1. The minimum atomic E-state index is -2.78. The number of rotatable bonds is 3. The van der Waals surface area contributed by atoms with Crippen LogP contribution in [0.15, 0.2) is 11.8 Å². The second kappa shape index (κ2) is 5.42. The maximum atomic E-state index is 11.4. The van der Waals surface area contributed by atoms with Gasteiger partial charge < -0.3 is 4.74 Å². The van der Waals surface area contributed by atoms with Crippen LogP contribution in [-0.4, -0.2) is 26.0 Å². The van der Waals surface area contributed by atoms with Crippen LogP contribution in [0.1, 0.15) is 45.4 Å². The Morgan fingerprint density at radius 2 is 2.00 bits per heavy atom. The minimum Gasteiger partial charge on any atom is -0.498 e. The number of hydrogen-bond acceptors (Lipinski definition) is 3. The lowest BCUT2D eigenvalue weighted by Gasteiger charge is -2.19. The first-order chi connectivity index (χ1) is 8.07. The van der Waals surface area contributed by atoms with Gasteiger partial charge in [-0.1, -0.05) is 6.42 Å². The maximum absolute atomic E-state index is 11.4. The Morgan fingerprint density at radius 1 is 1.29 bits per heavy atom. The average Bonchev–Trinajstić information content (AvgIpc) is 2.68. The van der Waals surface area contributed by atoms with E-state index in [2.05, 4.69) is 0 Å². The third kappa shape index (κ3) is 3.73.